The summed E-state index contributed by atoms with van der Waals surface area (Å²) in [6.45, 7) is 3.47. The first-order valence-corrected chi connectivity index (χ1v) is 7.72. The van der Waals surface area contributed by atoms with Crippen molar-refractivity contribution in [3.8, 4) is 5.75 Å². The number of phenols is 1. The Labute approximate surface area is 121 Å². The average Bonchev–Trinajstić information content (AvgIpc) is 2.34. The maximum Gasteiger partial charge on any atom is 0.312 e. The molecule has 9 heteroatoms. The lowest BCUT2D eigenvalue weighted by Gasteiger charge is -2.47. The number of hydrogen-bond donors (Lipinski definition) is 2. The summed E-state index contributed by atoms with van der Waals surface area (Å²) >= 11 is 0. The second kappa shape index (κ2) is 4.93. The number of sulfonamides is 1. The third-order valence-corrected chi connectivity index (χ3v) is 5.54. The maximum absolute atomic E-state index is 12.3. The van der Waals surface area contributed by atoms with Gasteiger partial charge < -0.3 is 10.2 Å². The van der Waals surface area contributed by atoms with Crippen LogP contribution in [0.2, 0.25) is 0 Å². The van der Waals surface area contributed by atoms with Crippen LogP contribution in [0, 0.1) is 16.0 Å². The summed E-state index contributed by atoms with van der Waals surface area (Å²) in [5.74, 6) is -0.695. The zero-order valence-corrected chi connectivity index (χ0v) is 12.4. The van der Waals surface area contributed by atoms with Crippen LogP contribution < -0.4 is 0 Å². The monoisotopic (exact) mass is 316 g/mol. The van der Waals surface area contributed by atoms with Gasteiger partial charge in [-0.15, -0.1) is 0 Å². The van der Waals surface area contributed by atoms with E-state index in [0.29, 0.717) is 0 Å². The third kappa shape index (κ3) is 2.59. The van der Waals surface area contributed by atoms with E-state index in [1.54, 1.807) is 13.8 Å². The van der Waals surface area contributed by atoms with Gasteiger partial charge in [-0.2, -0.15) is 4.31 Å². The quantitative estimate of drug-likeness (QED) is 0.622. The van der Waals surface area contributed by atoms with E-state index in [4.69, 9.17) is 0 Å². The smallest absolute Gasteiger partial charge is 0.312 e. The van der Waals surface area contributed by atoms with E-state index in [0.717, 1.165) is 22.5 Å². The van der Waals surface area contributed by atoms with E-state index in [2.05, 4.69) is 0 Å². The summed E-state index contributed by atoms with van der Waals surface area (Å²) in [6, 6.07) is 2.89. The van der Waals surface area contributed by atoms with Crippen LogP contribution >= 0.6 is 0 Å². The molecule has 2 rings (SSSR count). The molecule has 1 fully saturated rings. The second-order valence-corrected chi connectivity index (χ2v) is 7.38. The van der Waals surface area contributed by atoms with Crippen molar-refractivity contribution in [1.29, 1.82) is 0 Å². The number of nitro benzene ring substituents is 1. The molecule has 0 radical (unpaired) electrons. The number of nitro groups is 1. The van der Waals surface area contributed by atoms with Crippen LogP contribution in [0.4, 0.5) is 5.69 Å². The summed E-state index contributed by atoms with van der Waals surface area (Å²) < 4.78 is 25.7. The molecule has 0 amide bonds. The Balaban J connectivity index is 2.30. The van der Waals surface area contributed by atoms with Crippen LogP contribution in [0.5, 0.6) is 5.75 Å². The van der Waals surface area contributed by atoms with E-state index in [9.17, 15) is 28.7 Å². The molecule has 0 atom stereocenters. The molecule has 8 nitrogen and oxygen atoms in total. The number of hydrogen-bond acceptors (Lipinski definition) is 6. The minimum atomic E-state index is -3.92. The number of phenolic OH excluding ortho intramolecular Hbond substituents is 1. The lowest BCUT2D eigenvalue weighted by molar-refractivity contribution is -0.386. The Kier molecular flexibility index (Phi) is 3.68. The fourth-order valence-corrected chi connectivity index (χ4v) is 3.64. The molecule has 116 valence electrons. The van der Waals surface area contributed by atoms with E-state index in [1.165, 1.54) is 0 Å². The van der Waals surface area contributed by atoms with E-state index in [1.807, 2.05) is 0 Å². The summed E-state index contributed by atoms with van der Waals surface area (Å²) in [5, 5.41) is 30.2. The van der Waals surface area contributed by atoms with Crippen molar-refractivity contribution in [2.75, 3.05) is 13.1 Å². The van der Waals surface area contributed by atoms with Crippen LogP contribution in [0.3, 0.4) is 0 Å². The average molecular weight is 316 g/mol. The number of benzene rings is 1. The first kappa shape index (κ1) is 15.7. The van der Waals surface area contributed by atoms with Crippen molar-refractivity contribution in [1.82, 2.24) is 4.31 Å². The number of rotatable bonds is 4. The summed E-state index contributed by atoms with van der Waals surface area (Å²) in [5.41, 5.74) is -1.74. The number of β-amino-alcohol motifs (C(OH)–C–C–N with tert-alkyl or cyclic N) is 1. The molecule has 0 unspecified atom stereocenters. The Hall–Kier alpha value is -1.71. The minimum Gasteiger partial charge on any atom is -0.502 e. The van der Waals surface area contributed by atoms with Gasteiger partial charge in [-0.3, -0.25) is 10.1 Å². The Bertz CT molecular complexity index is 679. The molecule has 1 aromatic rings. The predicted octanol–water partition coefficient (Wildman–Crippen LogP) is 0.692. The lowest BCUT2D eigenvalue weighted by atomic mass is 9.85. The molecule has 1 heterocycles. The largest absolute Gasteiger partial charge is 0.502 e. The lowest BCUT2D eigenvalue weighted by Crippen LogP contribution is -2.65. The molecule has 0 aromatic heterocycles. The SMILES string of the molecule is CC(C)C1(O)CN(S(=O)(=O)c2ccc(O)c([N+](=O)[O-])c2)C1. The van der Waals surface area contributed by atoms with Gasteiger partial charge in [-0.25, -0.2) is 8.42 Å². The predicted molar refractivity (Wildman–Crippen MR) is 73.3 cm³/mol. The number of aromatic hydroxyl groups is 1. The first-order chi connectivity index (χ1) is 9.58. The van der Waals surface area contributed by atoms with Crippen LogP contribution in [0.15, 0.2) is 23.1 Å². The third-order valence-electron chi connectivity index (χ3n) is 3.76. The first-order valence-electron chi connectivity index (χ1n) is 6.28. The molecule has 0 bridgehead atoms. The topological polar surface area (TPSA) is 121 Å². The van der Waals surface area contributed by atoms with Gasteiger partial charge in [0.05, 0.1) is 15.4 Å². The van der Waals surface area contributed by atoms with E-state index in [-0.39, 0.29) is 23.9 Å². The molecule has 0 spiro atoms. The van der Waals surface area contributed by atoms with Crippen LogP contribution in [0.1, 0.15) is 13.8 Å². The molecule has 1 aromatic carbocycles. The minimum absolute atomic E-state index is 0.0539. The van der Waals surface area contributed by atoms with Gasteiger partial charge in [-0.1, -0.05) is 13.8 Å². The van der Waals surface area contributed by atoms with Crippen molar-refractivity contribution in [3.05, 3.63) is 28.3 Å². The molecule has 2 N–H and O–H groups in total. The van der Waals surface area contributed by atoms with Crippen molar-refractivity contribution in [3.63, 3.8) is 0 Å². The molecule has 1 aliphatic rings. The highest BCUT2D eigenvalue weighted by molar-refractivity contribution is 7.89. The van der Waals surface area contributed by atoms with E-state index < -0.39 is 32.0 Å². The van der Waals surface area contributed by atoms with Gasteiger partial charge in [0, 0.05) is 19.2 Å². The Morgan fingerprint density at radius 3 is 2.43 bits per heavy atom. The zero-order valence-electron chi connectivity index (χ0n) is 11.6. The van der Waals surface area contributed by atoms with Gasteiger partial charge in [0.25, 0.3) is 0 Å². The molecular weight excluding hydrogens is 300 g/mol. The van der Waals surface area contributed by atoms with Crippen molar-refractivity contribution < 1.29 is 23.6 Å². The van der Waals surface area contributed by atoms with Gasteiger partial charge in [0.15, 0.2) is 5.75 Å². The highest BCUT2D eigenvalue weighted by Gasteiger charge is 2.49. The van der Waals surface area contributed by atoms with Crippen molar-refractivity contribution >= 4 is 15.7 Å². The second-order valence-electron chi connectivity index (χ2n) is 5.44. The van der Waals surface area contributed by atoms with Gasteiger partial charge in [0.2, 0.25) is 10.0 Å². The normalized spacial score (nSPS) is 18.5. The summed E-state index contributed by atoms with van der Waals surface area (Å²) in [7, 11) is -3.92. The molecule has 1 aliphatic heterocycles. The van der Waals surface area contributed by atoms with Crippen LogP contribution in [-0.2, 0) is 10.0 Å². The number of aliphatic hydroxyl groups is 1. The molecule has 0 aliphatic carbocycles. The Morgan fingerprint density at radius 1 is 1.38 bits per heavy atom. The Morgan fingerprint density at radius 2 is 1.95 bits per heavy atom. The van der Waals surface area contributed by atoms with E-state index >= 15 is 0 Å². The molecular formula is C12H16N2O6S. The molecule has 1 saturated heterocycles. The van der Waals surface area contributed by atoms with Gasteiger partial charge in [0.1, 0.15) is 0 Å². The summed E-state index contributed by atoms with van der Waals surface area (Å²) in [6.07, 6.45) is 0. The molecule has 0 saturated carbocycles. The van der Waals surface area contributed by atoms with Crippen molar-refractivity contribution in [2.24, 2.45) is 5.92 Å². The molecule has 21 heavy (non-hydrogen) atoms. The van der Waals surface area contributed by atoms with Crippen LogP contribution in [0.25, 0.3) is 0 Å². The van der Waals surface area contributed by atoms with Crippen molar-refractivity contribution in [2.45, 2.75) is 24.3 Å². The van der Waals surface area contributed by atoms with Gasteiger partial charge >= 0.3 is 5.69 Å². The van der Waals surface area contributed by atoms with Gasteiger partial charge in [-0.05, 0) is 18.1 Å². The van der Waals surface area contributed by atoms with Crippen LogP contribution in [-0.4, -0.2) is 46.5 Å². The highest BCUT2D eigenvalue weighted by atomic mass is 32.2. The fourth-order valence-electron chi connectivity index (χ4n) is 2.06. The number of nitrogens with zero attached hydrogens (tertiary/aromatic N) is 2. The maximum atomic E-state index is 12.3. The highest BCUT2D eigenvalue weighted by Crippen LogP contribution is 2.35. The standard InChI is InChI=1S/C12H16N2O6S/c1-8(2)12(16)6-13(7-12)21(19,20)9-3-4-11(15)10(5-9)14(17)18/h3-5,8,15-16H,6-7H2,1-2H3. The summed E-state index contributed by atoms with van der Waals surface area (Å²) in [4.78, 5) is 9.61. The zero-order chi connectivity index (χ0) is 16.0. The fraction of sp³-hybridized carbons (Fsp3) is 0.500.